The maximum absolute atomic E-state index is 9.40. The van der Waals surface area contributed by atoms with Gasteiger partial charge < -0.3 is 5.11 Å². The maximum Gasteiger partial charge on any atom is 0.115 e. The largest absolute Gasteiger partial charge is 0.508 e. The lowest BCUT2D eigenvalue weighted by Crippen LogP contribution is -1.88. The highest BCUT2D eigenvalue weighted by Gasteiger charge is 2.04. The third-order valence-corrected chi connectivity index (χ3v) is 3.10. The van der Waals surface area contributed by atoms with E-state index >= 15 is 0 Å². The Hall–Kier alpha value is -1.76. The Morgan fingerprint density at radius 2 is 1.59 bits per heavy atom. The van der Waals surface area contributed by atoms with Crippen LogP contribution in [-0.2, 0) is 0 Å². The fourth-order valence-corrected chi connectivity index (χ4v) is 2.02. The maximum atomic E-state index is 9.40. The van der Waals surface area contributed by atoms with E-state index in [0.29, 0.717) is 11.7 Å². The lowest BCUT2D eigenvalue weighted by Gasteiger charge is -2.09. The van der Waals surface area contributed by atoms with Crippen molar-refractivity contribution < 1.29 is 5.11 Å². The summed E-state index contributed by atoms with van der Waals surface area (Å²) >= 11 is 0. The Labute approximate surface area is 103 Å². The monoisotopic (exact) mass is 226 g/mol. The van der Waals surface area contributed by atoms with Crippen LogP contribution in [0.25, 0.3) is 11.1 Å². The highest BCUT2D eigenvalue weighted by molar-refractivity contribution is 5.68. The summed E-state index contributed by atoms with van der Waals surface area (Å²) in [6, 6.07) is 14.1. The van der Waals surface area contributed by atoms with E-state index in [2.05, 4.69) is 38.1 Å². The van der Waals surface area contributed by atoms with Crippen molar-refractivity contribution in [3.63, 3.8) is 0 Å². The molecule has 0 unspecified atom stereocenters. The molecule has 0 aliphatic heterocycles. The molecule has 0 atom stereocenters. The number of hydrogen-bond donors (Lipinski definition) is 1. The predicted octanol–water partition coefficient (Wildman–Crippen LogP) is 4.49. The van der Waals surface area contributed by atoms with Gasteiger partial charge in [-0.3, -0.25) is 0 Å². The van der Waals surface area contributed by atoms with Gasteiger partial charge in [-0.2, -0.15) is 0 Å². The van der Waals surface area contributed by atoms with Gasteiger partial charge in [0, 0.05) is 0 Å². The molecule has 17 heavy (non-hydrogen) atoms. The number of aryl methyl sites for hydroxylation is 1. The lowest BCUT2D eigenvalue weighted by molar-refractivity contribution is 0.475. The minimum atomic E-state index is 0.324. The smallest absolute Gasteiger partial charge is 0.115 e. The summed E-state index contributed by atoms with van der Waals surface area (Å²) in [5.74, 6) is 0.884. The van der Waals surface area contributed by atoms with Gasteiger partial charge in [-0.05, 0) is 47.2 Å². The number of rotatable bonds is 2. The molecule has 0 aromatic heterocycles. The molecule has 0 heterocycles. The minimum Gasteiger partial charge on any atom is -0.508 e. The van der Waals surface area contributed by atoms with E-state index in [1.54, 1.807) is 12.1 Å². The van der Waals surface area contributed by atoms with Crippen LogP contribution in [-0.4, -0.2) is 5.11 Å². The molecule has 2 aromatic rings. The van der Waals surface area contributed by atoms with E-state index in [1.165, 1.54) is 16.7 Å². The summed E-state index contributed by atoms with van der Waals surface area (Å²) in [5.41, 5.74) is 4.83. The molecule has 0 amide bonds. The zero-order valence-corrected chi connectivity index (χ0v) is 10.6. The zero-order valence-electron chi connectivity index (χ0n) is 10.6. The van der Waals surface area contributed by atoms with Crippen LogP contribution >= 0.6 is 0 Å². The van der Waals surface area contributed by atoms with Crippen LogP contribution < -0.4 is 0 Å². The molecule has 1 heteroatoms. The van der Waals surface area contributed by atoms with Gasteiger partial charge in [0.05, 0.1) is 0 Å². The third kappa shape index (κ3) is 2.50. The second kappa shape index (κ2) is 4.62. The number of hydrogen-bond acceptors (Lipinski definition) is 1. The Morgan fingerprint density at radius 3 is 2.12 bits per heavy atom. The molecular formula is C16H18O. The van der Waals surface area contributed by atoms with Crippen molar-refractivity contribution in [2.75, 3.05) is 0 Å². The average Bonchev–Trinajstić information content (AvgIpc) is 2.29. The number of aromatic hydroxyl groups is 1. The number of phenols is 1. The molecule has 0 aliphatic carbocycles. The first-order chi connectivity index (χ1) is 8.08. The van der Waals surface area contributed by atoms with Crippen LogP contribution in [0.4, 0.5) is 0 Å². The molecule has 0 fully saturated rings. The predicted molar refractivity (Wildman–Crippen MR) is 72.4 cm³/mol. The van der Waals surface area contributed by atoms with Gasteiger partial charge in [0.15, 0.2) is 0 Å². The molecule has 0 aliphatic rings. The van der Waals surface area contributed by atoms with Crippen molar-refractivity contribution >= 4 is 0 Å². The third-order valence-electron chi connectivity index (χ3n) is 3.10. The van der Waals surface area contributed by atoms with Gasteiger partial charge in [-0.1, -0.05) is 44.2 Å². The number of phenolic OH excluding ortho intramolecular Hbond substituents is 1. The summed E-state index contributed by atoms with van der Waals surface area (Å²) in [4.78, 5) is 0. The molecule has 1 N–H and O–H groups in total. The van der Waals surface area contributed by atoms with E-state index in [9.17, 15) is 5.11 Å². The molecule has 0 saturated heterocycles. The van der Waals surface area contributed by atoms with Crippen molar-refractivity contribution in [3.8, 4) is 16.9 Å². The Bertz CT molecular complexity index is 510. The highest BCUT2D eigenvalue weighted by atomic mass is 16.3. The van der Waals surface area contributed by atoms with E-state index < -0.39 is 0 Å². The van der Waals surface area contributed by atoms with Gasteiger partial charge in [0.1, 0.15) is 5.75 Å². The molecule has 0 bridgehead atoms. The van der Waals surface area contributed by atoms with Crippen molar-refractivity contribution in [2.45, 2.75) is 26.7 Å². The average molecular weight is 226 g/mol. The van der Waals surface area contributed by atoms with Gasteiger partial charge in [0.2, 0.25) is 0 Å². The first-order valence-electron chi connectivity index (χ1n) is 5.98. The highest BCUT2D eigenvalue weighted by Crippen LogP contribution is 2.27. The van der Waals surface area contributed by atoms with Crippen LogP contribution in [0.1, 0.15) is 30.9 Å². The van der Waals surface area contributed by atoms with E-state index in [1.807, 2.05) is 13.0 Å². The van der Waals surface area contributed by atoms with Crippen LogP contribution in [0, 0.1) is 6.92 Å². The molecule has 0 spiro atoms. The van der Waals surface area contributed by atoms with Crippen LogP contribution in [0.5, 0.6) is 5.75 Å². The van der Waals surface area contributed by atoms with Crippen molar-refractivity contribution in [3.05, 3.63) is 53.6 Å². The Kier molecular flexibility index (Phi) is 3.19. The van der Waals surface area contributed by atoms with Gasteiger partial charge in [0.25, 0.3) is 0 Å². The van der Waals surface area contributed by atoms with Crippen LogP contribution in [0.15, 0.2) is 42.5 Å². The number of benzene rings is 2. The zero-order chi connectivity index (χ0) is 12.4. The Morgan fingerprint density at radius 1 is 0.941 bits per heavy atom. The van der Waals surface area contributed by atoms with Crippen molar-refractivity contribution in [2.24, 2.45) is 0 Å². The Balaban J connectivity index is 2.40. The lowest BCUT2D eigenvalue weighted by atomic mass is 9.96. The molecule has 1 nitrogen and oxygen atoms in total. The molecule has 2 rings (SSSR count). The molecule has 88 valence electrons. The molecule has 2 aromatic carbocycles. The summed E-state index contributed by atoms with van der Waals surface area (Å²) in [5, 5.41) is 9.40. The quantitative estimate of drug-likeness (QED) is 0.799. The van der Waals surface area contributed by atoms with Gasteiger partial charge in [-0.15, -0.1) is 0 Å². The van der Waals surface area contributed by atoms with E-state index in [4.69, 9.17) is 0 Å². The normalized spacial score (nSPS) is 10.8. The molecule has 0 saturated carbocycles. The van der Waals surface area contributed by atoms with Crippen LogP contribution in [0.2, 0.25) is 0 Å². The minimum absolute atomic E-state index is 0.324. The topological polar surface area (TPSA) is 20.2 Å². The van der Waals surface area contributed by atoms with Gasteiger partial charge >= 0.3 is 0 Å². The van der Waals surface area contributed by atoms with Gasteiger partial charge in [-0.25, -0.2) is 0 Å². The second-order valence-corrected chi connectivity index (χ2v) is 4.78. The first-order valence-corrected chi connectivity index (χ1v) is 5.98. The SMILES string of the molecule is Cc1cc(O)ccc1-c1ccc(C(C)C)cc1. The summed E-state index contributed by atoms with van der Waals surface area (Å²) in [6.45, 7) is 6.41. The van der Waals surface area contributed by atoms with Crippen molar-refractivity contribution in [1.82, 2.24) is 0 Å². The summed E-state index contributed by atoms with van der Waals surface area (Å²) < 4.78 is 0. The second-order valence-electron chi connectivity index (χ2n) is 4.78. The fourth-order valence-electron chi connectivity index (χ4n) is 2.02. The molecular weight excluding hydrogens is 208 g/mol. The first kappa shape index (κ1) is 11.7. The summed E-state index contributed by atoms with van der Waals surface area (Å²) in [7, 11) is 0. The summed E-state index contributed by atoms with van der Waals surface area (Å²) in [6.07, 6.45) is 0. The fraction of sp³-hybridized carbons (Fsp3) is 0.250. The van der Waals surface area contributed by atoms with E-state index in [-0.39, 0.29) is 0 Å². The van der Waals surface area contributed by atoms with Crippen molar-refractivity contribution in [1.29, 1.82) is 0 Å². The standard InChI is InChI=1S/C16H18O/c1-11(2)13-4-6-14(7-5-13)16-9-8-15(17)10-12(16)3/h4-11,17H,1-3H3. The van der Waals surface area contributed by atoms with E-state index in [0.717, 1.165) is 5.56 Å². The molecule has 0 radical (unpaired) electrons. The van der Waals surface area contributed by atoms with Crippen LogP contribution in [0.3, 0.4) is 0 Å².